The molecule has 22 heavy (non-hydrogen) atoms. The van der Waals surface area contributed by atoms with Crippen LogP contribution in [0.1, 0.15) is 25.8 Å². The van der Waals surface area contributed by atoms with Crippen molar-refractivity contribution in [3.05, 3.63) is 60.2 Å². The van der Waals surface area contributed by atoms with Crippen LogP contribution >= 0.6 is 12.4 Å². The van der Waals surface area contributed by atoms with Gasteiger partial charge in [0.1, 0.15) is 0 Å². The maximum atomic E-state index is 10.1. The molecule has 2 aromatic carbocycles. The highest BCUT2D eigenvalue weighted by molar-refractivity contribution is 5.85. The van der Waals surface area contributed by atoms with Crippen LogP contribution in [0, 0.1) is 0 Å². The molecule has 3 heteroatoms. The van der Waals surface area contributed by atoms with Gasteiger partial charge in [0.25, 0.3) is 0 Å². The lowest BCUT2D eigenvalue weighted by Crippen LogP contribution is -2.32. The Morgan fingerprint density at radius 1 is 0.955 bits per heavy atom. The lowest BCUT2D eigenvalue weighted by molar-refractivity contribution is 0.159. The van der Waals surface area contributed by atoms with E-state index in [1.807, 2.05) is 6.07 Å². The highest BCUT2D eigenvalue weighted by atomic mass is 35.5. The molecule has 2 N–H and O–H groups in total. The summed E-state index contributed by atoms with van der Waals surface area (Å²) in [5, 5.41) is 13.3. The quantitative estimate of drug-likeness (QED) is 0.806. The molecule has 2 rings (SSSR count). The van der Waals surface area contributed by atoms with Crippen molar-refractivity contribution >= 4 is 12.4 Å². The van der Waals surface area contributed by atoms with Crippen molar-refractivity contribution in [1.82, 2.24) is 5.32 Å². The third kappa shape index (κ3) is 5.80. The first-order chi connectivity index (χ1) is 10.2. The van der Waals surface area contributed by atoms with Crippen LogP contribution in [0.25, 0.3) is 11.1 Å². The van der Waals surface area contributed by atoms with Crippen molar-refractivity contribution in [2.75, 3.05) is 6.54 Å². The maximum absolute atomic E-state index is 10.1. The van der Waals surface area contributed by atoms with Gasteiger partial charge >= 0.3 is 0 Å². The van der Waals surface area contributed by atoms with Gasteiger partial charge in [-0.1, -0.05) is 68.4 Å². The average Bonchev–Trinajstić information content (AvgIpc) is 2.52. The summed E-state index contributed by atoms with van der Waals surface area (Å²) in [5.74, 6) is 0. The molecule has 0 radical (unpaired) electrons. The summed E-state index contributed by atoms with van der Waals surface area (Å²) in [6, 6.07) is 19.3. The topological polar surface area (TPSA) is 32.3 Å². The molecule has 0 saturated heterocycles. The fourth-order valence-corrected chi connectivity index (χ4v) is 2.43. The van der Waals surface area contributed by atoms with E-state index < -0.39 is 0 Å². The molecular weight excluding hydrogens is 294 g/mol. The van der Waals surface area contributed by atoms with Crippen LogP contribution in [-0.2, 0) is 6.42 Å². The molecule has 1 unspecified atom stereocenters. The monoisotopic (exact) mass is 319 g/mol. The highest BCUT2D eigenvalue weighted by Gasteiger charge is 2.08. The van der Waals surface area contributed by atoms with E-state index in [0.29, 0.717) is 12.6 Å². The van der Waals surface area contributed by atoms with Gasteiger partial charge in [-0.05, 0) is 29.5 Å². The number of aliphatic hydroxyl groups is 1. The Bertz CT molecular complexity index is 542. The van der Waals surface area contributed by atoms with Crippen LogP contribution in [0.2, 0.25) is 0 Å². The first kappa shape index (κ1) is 18.7. The summed E-state index contributed by atoms with van der Waals surface area (Å²) in [5.41, 5.74) is 3.80. The van der Waals surface area contributed by atoms with Gasteiger partial charge in [0, 0.05) is 12.6 Å². The summed E-state index contributed by atoms with van der Waals surface area (Å²) in [6.07, 6.45) is 1.38. The average molecular weight is 320 g/mol. The summed E-state index contributed by atoms with van der Waals surface area (Å²) in [7, 11) is 0. The number of nitrogens with one attached hydrogen (secondary N) is 1. The van der Waals surface area contributed by atoms with Crippen LogP contribution in [0.15, 0.2) is 54.6 Å². The predicted molar refractivity (Wildman–Crippen MR) is 96.6 cm³/mol. The fraction of sp³-hybridized carbons (Fsp3) is 0.368. The van der Waals surface area contributed by atoms with Gasteiger partial charge in [0.2, 0.25) is 0 Å². The molecule has 0 saturated carbocycles. The van der Waals surface area contributed by atoms with E-state index in [1.165, 1.54) is 16.7 Å². The second kappa shape index (κ2) is 9.62. The first-order valence-corrected chi connectivity index (χ1v) is 7.71. The molecule has 0 fully saturated rings. The van der Waals surface area contributed by atoms with Crippen molar-refractivity contribution in [1.29, 1.82) is 0 Å². The van der Waals surface area contributed by atoms with Gasteiger partial charge in [-0.25, -0.2) is 0 Å². The molecule has 0 aliphatic heterocycles. The van der Waals surface area contributed by atoms with Crippen molar-refractivity contribution in [2.45, 2.75) is 38.8 Å². The molecule has 2 aromatic rings. The summed E-state index contributed by atoms with van der Waals surface area (Å²) < 4.78 is 0. The van der Waals surface area contributed by atoms with Crippen molar-refractivity contribution in [2.24, 2.45) is 0 Å². The molecule has 0 spiro atoms. The third-order valence-electron chi connectivity index (χ3n) is 3.61. The molecule has 0 aliphatic rings. The second-order valence-corrected chi connectivity index (χ2v) is 5.78. The molecule has 0 aromatic heterocycles. The van der Waals surface area contributed by atoms with Crippen LogP contribution < -0.4 is 5.32 Å². The normalized spacial score (nSPS) is 12.0. The van der Waals surface area contributed by atoms with E-state index in [4.69, 9.17) is 0 Å². The number of aliphatic hydroxyl groups excluding tert-OH is 1. The lowest BCUT2D eigenvalue weighted by Gasteiger charge is -2.15. The van der Waals surface area contributed by atoms with Crippen molar-refractivity contribution in [3.8, 4) is 11.1 Å². The van der Waals surface area contributed by atoms with E-state index in [2.05, 4.69) is 67.7 Å². The van der Waals surface area contributed by atoms with E-state index >= 15 is 0 Å². The van der Waals surface area contributed by atoms with Crippen LogP contribution in [0.4, 0.5) is 0 Å². The first-order valence-electron chi connectivity index (χ1n) is 7.71. The summed E-state index contributed by atoms with van der Waals surface area (Å²) >= 11 is 0. The Hall–Kier alpha value is -1.35. The minimum absolute atomic E-state index is 0. The van der Waals surface area contributed by atoms with Crippen LogP contribution in [-0.4, -0.2) is 23.8 Å². The number of aryl methyl sites for hydroxylation is 1. The standard InChI is InChI=1S/C19H25NO.ClH/c1-15(2)20-14-18(21)13-12-17-10-6-7-11-19(17)16-8-4-3-5-9-16;/h3-11,15,18,20-21H,12-14H2,1-2H3;1H. The molecule has 0 heterocycles. The minimum Gasteiger partial charge on any atom is -0.392 e. The van der Waals surface area contributed by atoms with Gasteiger partial charge < -0.3 is 10.4 Å². The Labute approximate surface area is 140 Å². The lowest BCUT2D eigenvalue weighted by atomic mass is 9.96. The Kier molecular flexibility index (Phi) is 8.18. The SMILES string of the molecule is CC(C)NCC(O)CCc1ccccc1-c1ccccc1.Cl. The van der Waals surface area contributed by atoms with Crippen molar-refractivity contribution < 1.29 is 5.11 Å². The molecule has 1 atom stereocenters. The molecule has 0 amide bonds. The van der Waals surface area contributed by atoms with E-state index in [1.54, 1.807) is 0 Å². The van der Waals surface area contributed by atoms with Gasteiger partial charge in [0.05, 0.1) is 6.10 Å². The highest BCUT2D eigenvalue weighted by Crippen LogP contribution is 2.24. The fourth-order valence-electron chi connectivity index (χ4n) is 2.43. The molecule has 2 nitrogen and oxygen atoms in total. The van der Waals surface area contributed by atoms with Gasteiger partial charge in [-0.2, -0.15) is 0 Å². The van der Waals surface area contributed by atoms with E-state index in [0.717, 1.165) is 12.8 Å². The third-order valence-corrected chi connectivity index (χ3v) is 3.61. The minimum atomic E-state index is -0.295. The number of halogens is 1. The molecule has 0 aliphatic carbocycles. The van der Waals surface area contributed by atoms with E-state index in [9.17, 15) is 5.11 Å². The van der Waals surface area contributed by atoms with Crippen LogP contribution in [0.5, 0.6) is 0 Å². The summed E-state index contributed by atoms with van der Waals surface area (Å²) in [4.78, 5) is 0. The Morgan fingerprint density at radius 2 is 1.59 bits per heavy atom. The van der Waals surface area contributed by atoms with Gasteiger partial charge in [-0.15, -0.1) is 12.4 Å². The van der Waals surface area contributed by atoms with E-state index in [-0.39, 0.29) is 18.5 Å². The smallest absolute Gasteiger partial charge is 0.0667 e. The largest absolute Gasteiger partial charge is 0.392 e. The van der Waals surface area contributed by atoms with Crippen LogP contribution in [0.3, 0.4) is 0 Å². The number of rotatable bonds is 7. The zero-order valence-corrected chi connectivity index (χ0v) is 14.1. The zero-order chi connectivity index (χ0) is 15.1. The van der Waals surface area contributed by atoms with Gasteiger partial charge in [0.15, 0.2) is 0 Å². The van der Waals surface area contributed by atoms with Crippen molar-refractivity contribution in [3.63, 3.8) is 0 Å². The molecular formula is C19H26ClNO. The number of hydrogen-bond donors (Lipinski definition) is 2. The second-order valence-electron chi connectivity index (χ2n) is 5.78. The Balaban J connectivity index is 0.00000242. The number of benzene rings is 2. The van der Waals surface area contributed by atoms with Gasteiger partial charge in [-0.3, -0.25) is 0 Å². The summed E-state index contributed by atoms with van der Waals surface area (Å²) in [6.45, 7) is 4.85. The Morgan fingerprint density at radius 3 is 2.27 bits per heavy atom. The molecule has 120 valence electrons. The molecule has 0 bridgehead atoms. The number of hydrogen-bond acceptors (Lipinski definition) is 2. The maximum Gasteiger partial charge on any atom is 0.0667 e. The zero-order valence-electron chi connectivity index (χ0n) is 13.3. The predicted octanol–water partition coefficient (Wildman–Crippen LogP) is 4.07.